The summed E-state index contributed by atoms with van der Waals surface area (Å²) in [6, 6.07) is 29.3. The van der Waals surface area contributed by atoms with Crippen LogP contribution in [0.2, 0.25) is 0 Å². The van der Waals surface area contributed by atoms with Crippen LogP contribution >= 0.6 is 19.2 Å². The smallest absolute Gasteiger partial charge is 0.328 e. The van der Waals surface area contributed by atoms with Gasteiger partial charge in [-0.1, -0.05) is 54.6 Å². The Morgan fingerprint density at radius 3 is 1.74 bits per heavy atom. The van der Waals surface area contributed by atoms with Crippen LogP contribution in [0.25, 0.3) is 0 Å². The highest BCUT2D eigenvalue weighted by molar-refractivity contribution is 7.98. The molecule has 3 rings (SSSR count). The first-order valence-corrected chi connectivity index (χ1v) is 19.5. The van der Waals surface area contributed by atoms with Gasteiger partial charge in [-0.15, -0.1) is 4.91 Å². The molecule has 0 aliphatic heterocycles. The van der Waals surface area contributed by atoms with Crippen LogP contribution < -0.4 is 26.5 Å². The van der Waals surface area contributed by atoms with Crippen LogP contribution in [0.5, 0.6) is 0 Å². The van der Waals surface area contributed by atoms with Gasteiger partial charge in [0, 0.05) is 41.5 Å². The molecule has 3 aromatic carbocycles. The number of nitrogens with zero attached hydrogens (tertiary/aromatic N) is 1. The minimum atomic E-state index is -2.05. The van der Waals surface area contributed by atoms with Crippen molar-refractivity contribution in [1.82, 2.24) is 10.6 Å². The number of nitroso groups, excluding NO2 is 1. The van der Waals surface area contributed by atoms with E-state index in [0.29, 0.717) is 18.4 Å². The monoisotopic (exact) mass is 722 g/mol. The van der Waals surface area contributed by atoms with E-state index in [0.717, 1.165) is 12.6 Å². The topological polar surface area (TPSA) is 157 Å². The number of nitrogens with one attached hydrogen (secondary N) is 2. The zero-order valence-corrected chi connectivity index (χ0v) is 30.2. The molecule has 0 aliphatic carbocycles. The van der Waals surface area contributed by atoms with Crippen LogP contribution in [-0.4, -0.2) is 67.3 Å². The van der Waals surface area contributed by atoms with Crippen LogP contribution in [0.15, 0.2) is 95.6 Å². The van der Waals surface area contributed by atoms with Crippen molar-refractivity contribution < 1.29 is 33.4 Å². The number of carbonyl (C=O) groups is 5. The summed E-state index contributed by atoms with van der Waals surface area (Å²) < 4.78 is 12.4. The molecule has 266 valence electrons. The van der Waals surface area contributed by atoms with Crippen LogP contribution in [-0.2, 0) is 33.4 Å². The minimum Gasteiger partial charge on any atom is -0.469 e. The third-order valence-electron chi connectivity index (χ3n) is 8.13. The lowest BCUT2D eigenvalue weighted by Crippen LogP contribution is -2.45. The number of hydrogen-bond acceptors (Lipinski definition) is 10. The molecule has 0 saturated carbocycles. The van der Waals surface area contributed by atoms with Crippen molar-refractivity contribution in [3.05, 3.63) is 95.9 Å². The van der Waals surface area contributed by atoms with E-state index in [1.165, 1.54) is 23.0 Å². The molecule has 2 N–H and O–H groups in total. The lowest BCUT2D eigenvalue weighted by Gasteiger charge is -2.27. The van der Waals surface area contributed by atoms with Gasteiger partial charge in [0.2, 0.25) is 11.8 Å². The number of rotatable bonds is 22. The maximum atomic E-state index is 13.1. The normalized spacial score (nSPS) is 12.2. The number of esters is 2. The SMILES string of the molecule is CCOC(=O)C(CCC(=O)NC(CSN=O)C(=O)CCC(=O)OC)NC(=O)CCCC[P+](c1ccccc1)(c1ccccc1)c1ccccc1. The Morgan fingerprint density at radius 1 is 0.720 bits per heavy atom. The van der Waals surface area contributed by atoms with Crippen molar-refractivity contribution in [3.63, 3.8) is 0 Å². The Hall–Kier alpha value is -4.41. The van der Waals surface area contributed by atoms with Gasteiger partial charge in [0.25, 0.3) is 0 Å². The molecule has 0 bridgehead atoms. The van der Waals surface area contributed by atoms with Gasteiger partial charge in [0.05, 0.1) is 32.3 Å². The Morgan fingerprint density at radius 2 is 1.24 bits per heavy atom. The van der Waals surface area contributed by atoms with Crippen LogP contribution in [0, 0.1) is 4.91 Å². The third-order valence-corrected chi connectivity index (χ3v) is 13.2. The highest BCUT2D eigenvalue weighted by Gasteiger charge is 2.44. The van der Waals surface area contributed by atoms with Crippen molar-refractivity contribution in [3.8, 4) is 0 Å². The first-order valence-electron chi connectivity index (χ1n) is 16.6. The lowest BCUT2D eigenvalue weighted by molar-refractivity contribution is -0.147. The van der Waals surface area contributed by atoms with E-state index >= 15 is 0 Å². The zero-order valence-electron chi connectivity index (χ0n) is 28.5. The molecule has 0 aliphatic rings. The molecule has 0 heterocycles. The van der Waals surface area contributed by atoms with Gasteiger partial charge in [0.1, 0.15) is 29.2 Å². The van der Waals surface area contributed by atoms with E-state index < -0.39 is 43.0 Å². The fourth-order valence-electron chi connectivity index (χ4n) is 5.64. The second-order valence-corrected chi connectivity index (χ2v) is 15.8. The highest BCUT2D eigenvalue weighted by Crippen LogP contribution is 2.55. The maximum absolute atomic E-state index is 13.1. The molecular formula is C37H45N3O8PS+. The van der Waals surface area contributed by atoms with Gasteiger partial charge >= 0.3 is 11.9 Å². The molecule has 2 amide bonds. The van der Waals surface area contributed by atoms with Crippen molar-refractivity contribution in [2.45, 2.75) is 64.0 Å². The molecule has 2 unspecified atom stereocenters. The fourth-order valence-corrected chi connectivity index (χ4v) is 10.5. The summed E-state index contributed by atoms with van der Waals surface area (Å²) in [6.45, 7) is 1.74. The van der Waals surface area contributed by atoms with Gasteiger partial charge < -0.3 is 20.1 Å². The molecule has 3 aromatic rings. The number of amides is 2. The molecule has 50 heavy (non-hydrogen) atoms. The summed E-state index contributed by atoms with van der Waals surface area (Å²) in [4.78, 5) is 73.4. The molecule has 0 aromatic heterocycles. The van der Waals surface area contributed by atoms with Crippen molar-refractivity contribution in [1.29, 1.82) is 0 Å². The Labute approximate surface area is 298 Å². The second kappa shape index (κ2) is 21.6. The second-order valence-electron chi connectivity index (χ2n) is 11.4. The van der Waals surface area contributed by atoms with E-state index in [-0.39, 0.29) is 50.4 Å². The largest absolute Gasteiger partial charge is 0.469 e. The van der Waals surface area contributed by atoms with Gasteiger partial charge in [-0.2, -0.15) is 0 Å². The Bertz CT molecular complexity index is 1450. The van der Waals surface area contributed by atoms with Crippen molar-refractivity contribution >= 4 is 64.7 Å². The first-order chi connectivity index (χ1) is 24.2. The number of carbonyl (C=O) groups excluding carboxylic acids is 5. The maximum Gasteiger partial charge on any atom is 0.328 e. The van der Waals surface area contributed by atoms with Crippen LogP contribution in [0.4, 0.5) is 0 Å². The lowest BCUT2D eigenvalue weighted by atomic mass is 10.1. The predicted molar refractivity (Wildman–Crippen MR) is 198 cm³/mol. The average molecular weight is 723 g/mol. The summed E-state index contributed by atoms with van der Waals surface area (Å²) in [6.07, 6.45) is 1.71. The van der Waals surface area contributed by atoms with Gasteiger partial charge in [-0.3, -0.25) is 19.2 Å². The number of unbranched alkanes of at least 4 members (excludes halogenated alkanes) is 1. The van der Waals surface area contributed by atoms with E-state index in [2.05, 4.69) is 92.7 Å². The number of benzene rings is 3. The number of Topliss-reactive ketones (excluding diaryl/α,β-unsaturated/α-hetero) is 1. The summed E-state index contributed by atoms with van der Waals surface area (Å²) in [5, 5.41) is 9.06. The molecule has 13 heteroatoms. The van der Waals surface area contributed by atoms with E-state index in [1.807, 2.05) is 18.2 Å². The molecule has 2 atom stereocenters. The quantitative estimate of drug-likeness (QED) is 0.0505. The first kappa shape index (κ1) is 40.0. The summed E-state index contributed by atoms with van der Waals surface area (Å²) >= 11 is 0.566. The zero-order chi connectivity index (χ0) is 36.2. The molecule has 11 nitrogen and oxygen atoms in total. The third kappa shape index (κ3) is 12.2. The molecule has 0 spiro atoms. The fraction of sp³-hybridized carbons (Fsp3) is 0.378. The Balaban J connectivity index is 1.64. The van der Waals surface area contributed by atoms with Crippen LogP contribution in [0.1, 0.15) is 51.9 Å². The number of hydrogen-bond donors (Lipinski definition) is 2. The molecular weight excluding hydrogens is 677 g/mol. The Kier molecular flexibility index (Phi) is 17.3. The molecule has 0 fully saturated rings. The van der Waals surface area contributed by atoms with Crippen molar-refractivity contribution in [2.24, 2.45) is 4.58 Å². The predicted octanol–water partition coefficient (Wildman–Crippen LogP) is 4.40. The highest BCUT2D eigenvalue weighted by atomic mass is 32.2. The van der Waals surface area contributed by atoms with Gasteiger partial charge in [0.15, 0.2) is 5.78 Å². The minimum absolute atomic E-state index is 0.0663. The number of ether oxygens (including phenoxy) is 2. The van der Waals surface area contributed by atoms with Crippen molar-refractivity contribution in [2.75, 3.05) is 25.6 Å². The molecule has 0 radical (unpaired) electrons. The van der Waals surface area contributed by atoms with E-state index in [9.17, 15) is 28.9 Å². The van der Waals surface area contributed by atoms with E-state index in [4.69, 9.17) is 4.74 Å². The summed E-state index contributed by atoms with van der Waals surface area (Å²) in [5.41, 5.74) is 0. The number of methoxy groups -OCH3 is 1. The summed E-state index contributed by atoms with van der Waals surface area (Å²) in [7, 11) is -0.846. The van der Waals surface area contributed by atoms with Gasteiger partial charge in [-0.05, 0) is 62.6 Å². The number of ketones is 1. The van der Waals surface area contributed by atoms with Crippen LogP contribution in [0.3, 0.4) is 0 Å². The van der Waals surface area contributed by atoms with E-state index in [1.54, 1.807) is 6.92 Å². The van der Waals surface area contributed by atoms with Gasteiger partial charge in [-0.25, -0.2) is 4.79 Å². The standard InChI is InChI=1S/C37H44N3O8PS/c1-3-48-37(45)31(22-24-35(43)39-32(27-50-40-46)33(41)23-25-36(44)47-2)38-34(42)21-13-14-26-49(28-15-7-4-8-16-28,29-17-9-5-10-18-29)30-19-11-6-12-20-30/h4-12,15-20,31-32H,3,13-14,21-27H2,1-2H3,(H-,38,39,42,43)/p+1. The summed E-state index contributed by atoms with van der Waals surface area (Å²) in [5.74, 6) is -2.73. The molecule has 0 saturated heterocycles. The average Bonchev–Trinajstić information content (AvgIpc) is 3.15.